The van der Waals surface area contributed by atoms with E-state index in [2.05, 4.69) is 10.3 Å². The first-order valence-corrected chi connectivity index (χ1v) is 12.5. The summed E-state index contributed by atoms with van der Waals surface area (Å²) in [4.78, 5) is 31.0. The van der Waals surface area contributed by atoms with Gasteiger partial charge in [-0.1, -0.05) is 60.6 Å². The lowest BCUT2D eigenvalue weighted by Gasteiger charge is -2.14. The Kier molecular flexibility index (Phi) is 7.30. The largest absolute Gasteiger partial charge is 0.416 e. The lowest BCUT2D eigenvalue weighted by molar-refractivity contribution is -0.137. The van der Waals surface area contributed by atoms with Gasteiger partial charge in [-0.15, -0.1) is 11.8 Å². The smallest absolute Gasteiger partial charge is 0.324 e. The summed E-state index contributed by atoms with van der Waals surface area (Å²) in [5.41, 5.74) is 0.409. The first-order valence-electron chi connectivity index (χ1n) is 10.3. The van der Waals surface area contributed by atoms with Gasteiger partial charge in [0, 0.05) is 11.7 Å². The van der Waals surface area contributed by atoms with Crippen molar-refractivity contribution in [2.75, 3.05) is 11.1 Å². The highest BCUT2D eigenvalue weighted by atomic mass is 35.5. The van der Waals surface area contributed by atoms with E-state index in [0.717, 1.165) is 35.5 Å². The number of hydrogen-bond acceptors (Lipinski definition) is 5. The van der Waals surface area contributed by atoms with Crippen LogP contribution in [0.15, 0.2) is 63.4 Å². The van der Waals surface area contributed by atoms with Gasteiger partial charge in [-0.05, 0) is 23.8 Å². The number of aromatic nitrogens is 2. The number of hydrogen-bond donors (Lipinski definition) is 1. The van der Waals surface area contributed by atoms with E-state index >= 15 is 0 Å². The highest BCUT2D eigenvalue weighted by Gasteiger charge is 2.31. The van der Waals surface area contributed by atoms with Gasteiger partial charge in [-0.25, -0.2) is 4.98 Å². The summed E-state index contributed by atoms with van der Waals surface area (Å²) in [7, 11) is 0. The van der Waals surface area contributed by atoms with Gasteiger partial charge in [-0.2, -0.15) is 13.2 Å². The Balaban J connectivity index is 1.56. The van der Waals surface area contributed by atoms with E-state index in [1.807, 2.05) is 37.3 Å². The Morgan fingerprint density at radius 1 is 1.26 bits per heavy atom. The Morgan fingerprint density at radius 3 is 2.71 bits per heavy atom. The van der Waals surface area contributed by atoms with Crippen LogP contribution in [0.25, 0.3) is 0 Å². The molecule has 0 fully saturated rings. The number of rotatable bonds is 6. The van der Waals surface area contributed by atoms with Gasteiger partial charge in [0.25, 0.3) is 5.56 Å². The summed E-state index contributed by atoms with van der Waals surface area (Å²) in [6, 6.07) is 12.1. The number of alkyl halides is 3. The van der Waals surface area contributed by atoms with Crippen LogP contribution in [0, 0.1) is 0 Å². The zero-order valence-electron chi connectivity index (χ0n) is 17.9. The molecule has 1 atom stereocenters. The number of carbonyl (C=O) groups excluding carboxylic acids is 1. The van der Waals surface area contributed by atoms with Crippen LogP contribution in [0.4, 0.5) is 18.9 Å². The van der Waals surface area contributed by atoms with Crippen molar-refractivity contribution >= 4 is 46.7 Å². The summed E-state index contributed by atoms with van der Waals surface area (Å²) in [6.07, 6.45) is -3.91. The molecular formula is C23H19ClF3N3O2S2. The minimum atomic E-state index is -4.56. The number of halogens is 4. The van der Waals surface area contributed by atoms with Crippen LogP contribution in [0.5, 0.6) is 0 Å². The topological polar surface area (TPSA) is 64.0 Å². The van der Waals surface area contributed by atoms with E-state index in [-0.39, 0.29) is 33.8 Å². The zero-order chi connectivity index (χ0) is 24.5. The summed E-state index contributed by atoms with van der Waals surface area (Å²) in [5.74, 6) is -0.718. The summed E-state index contributed by atoms with van der Waals surface area (Å²) >= 11 is 8.52. The highest BCUT2D eigenvalue weighted by Crippen LogP contribution is 2.35. The van der Waals surface area contributed by atoms with Crippen molar-refractivity contribution in [3.8, 4) is 0 Å². The molecule has 0 spiro atoms. The van der Waals surface area contributed by atoms with Crippen LogP contribution >= 0.6 is 35.1 Å². The SMILES string of the molecule is C[C@@H]1Cc2nc(SCC(=O)Nc3cc(C(F)(F)F)ccc3Cl)n(Cc3ccccc3)c(=O)c2S1. The monoisotopic (exact) mass is 525 g/mol. The molecular weight excluding hydrogens is 507 g/mol. The molecule has 0 saturated heterocycles. The molecule has 34 heavy (non-hydrogen) atoms. The molecule has 0 bridgehead atoms. The second-order valence-electron chi connectivity index (χ2n) is 7.71. The molecule has 1 N–H and O–H groups in total. The minimum absolute atomic E-state index is 0.00555. The Morgan fingerprint density at radius 2 is 2.00 bits per heavy atom. The fraction of sp³-hybridized carbons (Fsp3) is 0.261. The second-order valence-corrected chi connectivity index (χ2v) is 10.5. The number of thioether (sulfide) groups is 2. The maximum atomic E-state index is 13.2. The standard InChI is InChI=1S/C23H19ClF3N3O2S2/c1-13-9-18-20(34-13)21(32)30(11-14-5-3-2-4-6-14)22(29-18)33-12-19(31)28-17-10-15(23(25,26)27)7-8-16(17)24/h2-8,10,13H,9,11-12H2,1H3,(H,28,31)/t13-/m1/s1. The molecule has 2 heterocycles. The fourth-order valence-electron chi connectivity index (χ4n) is 3.46. The maximum Gasteiger partial charge on any atom is 0.416 e. The number of benzene rings is 2. The van der Waals surface area contributed by atoms with Gasteiger partial charge in [0.05, 0.1) is 39.2 Å². The minimum Gasteiger partial charge on any atom is -0.324 e. The van der Waals surface area contributed by atoms with Crippen molar-refractivity contribution < 1.29 is 18.0 Å². The van der Waals surface area contributed by atoms with Crippen molar-refractivity contribution in [1.29, 1.82) is 0 Å². The predicted molar refractivity (Wildman–Crippen MR) is 129 cm³/mol. The molecule has 1 aliphatic rings. The molecule has 0 radical (unpaired) electrons. The van der Waals surface area contributed by atoms with Crippen LogP contribution < -0.4 is 10.9 Å². The van der Waals surface area contributed by atoms with E-state index in [1.165, 1.54) is 16.3 Å². The predicted octanol–water partition coefficient (Wildman–Crippen LogP) is 5.73. The molecule has 11 heteroatoms. The van der Waals surface area contributed by atoms with Gasteiger partial charge < -0.3 is 5.32 Å². The third-order valence-corrected chi connectivity index (χ3v) is 7.57. The molecule has 2 aromatic carbocycles. The van der Waals surface area contributed by atoms with Gasteiger partial charge in [0.15, 0.2) is 5.16 Å². The molecule has 4 rings (SSSR count). The third-order valence-electron chi connectivity index (χ3n) is 5.05. The molecule has 0 saturated carbocycles. The van der Waals surface area contributed by atoms with Crippen molar-refractivity contribution in [3.05, 3.63) is 80.7 Å². The Bertz CT molecular complexity index is 1280. The van der Waals surface area contributed by atoms with Crippen molar-refractivity contribution in [2.45, 2.75) is 41.4 Å². The normalized spacial score (nSPS) is 15.3. The number of amides is 1. The van der Waals surface area contributed by atoms with E-state index in [4.69, 9.17) is 11.6 Å². The Labute approximate surface area is 207 Å². The van der Waals surface area contributed by atoms with Crippen molar-refractivity contribution in [2.24, 2.45) is 0 Å². The lowest BCUT2D eigenvalue weighted by Crippen LogP contribution is -2.26. The molecule has 1 amide bonds. The first kappa shape index (κ1) is 24.7. The molecule has 0 unspecified atom stereocenters. The number of nitrogens with zero attached hydrogens (tertiary/aromatic N) is 2. The van der Waals surface area contributed by atoms with Crippen LogP contribution in [-0.4, -0.2) is 26.5 Å². The summed E-state index contributed by atoms with van der Waals surface area (Å²) < 4.78 is 40.5. The zero-order valence-corrected chi connectivity index (χ0v) is 20.2. The maximum absolute atomic E-state index is 13.2. The van der Waals surface area contributed by atoms with Crippen LogP contribution in [0.3, 0.4) is 0 Å². The number of fused-ring (bicyclic) bond motifs is 1. The number of carbonyl (C=O) groups is 1. The van der Waals surface area contributed by atoms with Crippen LogP contribution in [0.1, 0.15) is 23.7 Å². The van der Waals surface area contributed by atoms with Crippen molar-refractivity contribution in [3.63, 3.8) is 0 Å². The summed E-state index contributed by atoms with van der Waals surface area (Å²) in [5, 5.41) is 3.03. The van der Waals surface area contributed by atoms with Gasteiger partial charge in [-0.3, -0.25) is 14.2 Å². The fourth-order valence-corrected chi connectivity index (χ4v) is 5.56. The van der Waals surface area contributed by atoms with Crippen LogP contribution in [0.2, 0.25) is 5.02 Å². The quantitative estimate of drug-likeness (QED) is 0.329. The molecule has 5 nitrogen and oxygen atoms in total. The first-order chi connectivity index (χ1) is 16.1. The lowest BCUT2D eigenvalue weighted by atomic mass is 10.2. The Hall–Kier alpha value is -2.43. The average Bonchev–Trinajstić information content (AvgIpc) is 3.16. The van der Waals surface area contributed by atoms with E-state index in [1.54, 1.807) is 0 Å². The number of anilines is 1. The van der Waals surface area contributed by atoms with E-state index in [0.29, 0.717) is 22.2 Å². The number of nitrogens with one attached hydrogen (secondary N) is 1. The highest BCUT2D eigenvalue weighted by molar-refractivity contribution is 8.00. The van der Waals surface area contributed by atoms with Gasteiger partial charge >= 0.3 is 6.18 Å². The van der Waals surface area contributed by atoms with E-state index < -0.39 is 17.6 Å². The van der Waals surface area contributed by atoms with E-state index in [9.17, 15) is 22.8 Å². The molecule has 1 aromatic heterocycles. The summed E-state index contributed by atoms with van der Waals surface area (Å²) in [6.45, 7) is 2.31. The van der Waals surface area contributed by atoms with Gasteiger partial charge in [0.2, 0.25) is 5.91 Å². The van der Waals surface area contributed by atoms with Gasteiger partial charge in [0.1, 0.15) is 0 Å². The molecule has 3 aromatic rings. The molecule has 178 valence electrons. The average molecular weight is 526 g/mol. The molecule has 1 aliphatic heterocycles. The third kappa shape index (κ3) is 5.61. The molecule has 0 aliphatic carbocycles. The second kappa shape index (κ2) is 10.1. The van der Waals surface area contributed by atoms with Crippen molar-refractivity contribution in [1.82, 2.24) is 9.55 Å². The van der Waals surface area contributed by atoms with Crippen LogP contribution in [-0.2, 0) is 23.9 Å².